The van der Waals surface area contributed by atoms with Gasteiger partial charge < -0.3 is 20.3 Å². The van der Waals surface area contributed by atoms with Gasteiger partial charge in [-0.3, -0.25) is 14.9 Å². The van der Waals surface area contributed by atoms with E-state index in [1.54, 1.807) is 24.3 Å². The Hall–Kier alpha value is -4.21. The van der Waals surface area contributed by atoms with Crippen molar-refractivity contribution in [3.8, 4) is 11.5 Å². The zero-order valence-electron chi connectivity index (χ0n) is 16.2. The number of aryl methyl sites for hydroxylation is 1. The van der Waals surface area contributed by atoms with Gasteiger partial charge in [-0.05, 0) is 31.2 Å². The Morgan fingerprint density at radius 2 is 1.77 bits per heavy atom. The number of anilines is 2. The van der Waals surface area contributed by atoms with Crippen molar-refractivity contribution < 1.29 is 18.8 Å². The molecule has 0 bridgehead atoms. The van der Waals surface area contributed by atoms with Gasteiger partial charge in [0, 0.05) is 11.3 Å². The van der Waals surface area contributed by atoms with Gasteiger partial charge in [0.2, 0.25) is 11.8 Å². The van der Waals surface area contributed by atoms with E-state index < -0.39 is 12.5 Å². The van der Waals surface area contributed by atoms with E-state index in [0.717, 1.165) is 11.1 Å². The summed E-state index contributed by atoms with van der Waals surface area (Å²) in [7, 11) is 0. The number of nitrogens with one attached hydrogen (secondary N) is 2. The molecule has 0 spiro atoms. The maximum Gasteiger partial charge on any atom is 0.322 e. The first kappa shape index (κ1) is 20.5. The van der Waals surface area contributed by atoms with Crippen LogP contribution in [-0.2, 0) is 14.4 Å². The maximum absolute atomic E-state index is 11.9. The minimum Gasteiger partial charge on any atom is -0.403 e. The molecule has 4 N–H and O–H groups in total. The first-order valence-corrected chi connectivity index (χ1v) is 8.99. The van der Waals surface area contributed by atoms with E-state index >= 15 is 0 Å². The lowest BCUT2D eigenvalue weighted by Crippen LogP contribution is -2.23. The lowest BCUT2D eigenvalue weighted by molar-refractivity contribution is -0.120. The molecule has 10 nitrogen and oxygen atoms in total. The molecule has 154 valence electrons. The molecule has 1 aromatic heterocycles. The average molecular weight is 408 g/mol. The fourth-order valence-electron chi connectivity index (χ4n) is 2.34. The summed E-state index contributed by atoms with van der Waals surface area (Å²) in [4.78, 5) is 28.7. The highest BCUT2D eigenvalue weighted by molar-refractivity contribution is 6.04. The van der Waals surface area contributed by atoms with Crippen LogP contribution in [0.3, 0.4) is 0 Å². The van der Waals surface area contributed by atoms with Crippen LogP contribution in [0.5, 0.6) is 0 Å². The standard InChI is InChI=1S/C20H20N6O4/c1-13-7-9-15(10-8-13)22-17(27)11-16(21)26-29-12-18(28)23-20-25-24-19(30-20)14-5-3-2-4-6-14/h2-10H,11-12H2,1H3,(H2,21,26)(H,22,27)(H,23,25,28). The Labute approximate surface area is 172 Å². The molecular weight excluding hydrogens is 388 g/mol. The summed E-state index contributed by atoms with van der Waals surface area (Å²) in [5, 5.41) is 16.2. The van der Waals surface area contributed by atoms with E-state index in [-0.39, 0.29) is 30.1 Å². The smallest absolute Gasteiger partial charge is 0.322 e. The number of benzene rings is 2. The van der Waals surface area contributed by atoms with E-state index in [1.807, 2.05) is 37.3 Å². The van der Waals surface area contributed by atoms with E-state index in [2.05, 4.69) is 26.0 Å². The lowest BCUT2D eigenvalue weighted by atomic mass is 10.2. The molecule has 30 heavy (non-hydrogen) atoms. The lowest BCUT2D eigenvalue weighted by Gasteiger charge is -2.05. The quantitative estimate of drug-likeness (QED) is 0.294. The molecule has 2 amide bonds. The van der Waals surface area contributed by atoms with Crippen molar-refractivity contribution in [3.05, 3.63) is 60.2 Å². The largest absolute Gasteiger partial charge is 0.403 e. The Morgan fingerprint density at radius 3 is 2.50 bits per heavy atom. The van der Waals surface area contributed by atoms with Crippen LogP contribution in [0.4, 0.5) is 11.7 Å². The fraction of sp³-hybridized carbons (Fsp3) is 0.150. The van der Waals surface area contributed by atoms with Crippen molar-refractivity contribution >= 4 is 29.4 Å². The van der Waals surface area contributed by atoms with Crippen LogP contribution in [0.15, 0.2) is 64.2 Å². The van der Waals surface area contributed by atoms with Gasteiger partial charge in [0.1, 0.15) is 5.84 Å². The van der Waals surface area contributed by atoms with Crippen LogP contribution in [-0.4, -0.2) is 34.5 Å². The van der Waals surface area contributed by atoms with Gasteiger partial charge in [0.15, 0.2) is 6.61 Å². The summed E-state index contributed by atoms with van der Waals surface area (Å²) < 4.78 is 5.36. The summed E-state index contributed by atoms with van der Waals surface area (Å²) in [6, 6.07) is 16.4. The molecule has 0 saturated carbocycles. The van der Waals surface area contributed by atoms with Crippen molar-refractivity contribution in [2.75, 3.05) is 17.2 Å². The van der Waals surface area contributed by atoms with E-state index in [9.17, 15) is 9.59 Å². The molecule has 3 rings (SSSR count). The zero-order valence-corrected chi connectivity index (χ0v) is 16.2. The second-order valence-corrected chi connectivity index (χ2v) is 6.27. The second-order valence-electron chi connectivity index (χ2n) is 6.27. The van der Waals surface area contributed by atoms with Gasteiger partial charge in [-0.1, -0.05) is 46.1 Å². The SMILES string of the molecule is Cc1ccc(NC(=O)C/C(N)=N/OCC(=O)Nc2nnc(-c3ccccc3)o2)cc1. The number of nitrogens with two attached hydrogens (primary N) is 1. The van der Waals surface area contributed by atoms with Crippen molar-refractivity contribution in [1.29, 1.82) is 0 Å². The monoisotopic (exact) mass is 408 g/mol. The van der Waals surface area contributed by atoms with Gasteiger partial charge in [-0.2, -0.15) is 0 Å². The number of oxime groups is 1. The molecule has 0 aliphatic carbocycles. The average Bonchev–Trinajstić information content (AvgIpc) is 3.18. The zero-order chi connectivity index (χ0) is 21.3. The molecule has 0 radical (unpaired) electrons. The Bertz CT molecular complexity index is 1030. The molecule has 0 fully saturated rings. The molecule has 0 saturated heterocycles. The number of hydrogen-bond acceptors (Lipinski definition) is 7. The van der Waals surface area contributed by atoms with Crippen LogP contribution in [0, 0.1) is 6.92 Å². The third kappa shape index (κ3) is 6.16. The summed E-state index contributed by atoms with van der Waals surface area (Å²) in [6.45, 7) is 1.51. The molecule has 3 aromatic rings. The predicted molar refractivity (Wildman–Crippen MR) is 110 cm³/mol. The molecule has 1 heterocycles. The van der Waals surface area contributed by atoms with Gasteiger partial charge in [-0.25, -0.2) is 0 Å². The number of amides is 2. The second kappa shape index (κ2) is 9.82. The van der Waals surface area contributed by atoms with Crippen molar-refractivity contribution in [2.45, 2.75) is 13.3 Å². The van der Waals surface area contributed by atoms with E-state index in [1.165, 1.54) is 0 Å². The molecule has 0 aliphatic heterocycles. The highest BCUT2D eigenvalue weighted by Gasteiger charge is 2.12. The number of rotatable bonds is 8. The van der Waals surface area contributed by atoms with Crippen LogP contribution >= 0.6 is 0 Å². The van der Waals surface area contributed by atoms with Gasteiger partial charge in [-0.15, -0.1) is 5.10 Å². The van der Waals surface area contributed by atoms with E-state index in [0.29, 0.717) is 5.69 Å². The number of carbonyl (C=O) groups excluding carboxylic acids is 2. The number of amidine groups is 1. The van der Waals surface area contributed by atoms with Crippen LogP contribution in [0.1, 0.15) is 12.0 Å². The first-order chi connectivity index (χ1) is 14.5. The van der Waals surface area contributed by atoms with Crippen molar-refractivity contribution in [1.82, 2.24) is 10.2 Å². The summed E-state index contributed by atoms with van der Waals surface area (Å²) in [6.07, 6.45) is -0.181. The normalized spacial score (nSPS) is 11.0. The molecule has 0 atom stereocenters. The van der Waals surface area contributed by atoms with Crippen LogP contribution in [0.25, 0.3) is 11.5 Å². The highest BCUT2D eigenvalue weighted by Crippen LogP contribution is 2.18. The molecule has 2 aromatic carbocycles. The third-order valence-corrected chi connectivity index (χ3v) is 3.75. The van der Waals surface area contributed by atoms with Crippen LogP contribution < -0.4 is 16.4 Å². The molecule has 0 aliphatic rings. The third-order valence-electron chi connectivity index (χ3n) is 3.75. The highest BCUT2D eigenvalue weighted by atomic mass is 16.6. The minimum atomic E-state index is -0.570. The minimum absolute atomic E-state index is 0.0723. The predicted octanol–water partition coefficient (Wildman–Crippen LogP) is 2.30. The fourth-order valence-corrected chi connectivity index (χ4v) is 2.34. The Kier molecular flexibility index (Phi) is 6.72. The van der Waals surface area contributed by atoms with E-state index in [4.69, 9.17) is 15.0 Å². The molecular formula is C20H20N6O4. The van der Waals surface area contributed by atoms with Gasteiger partial charge >= 0.3 is 6.01 Å². The molecule has 10 heteroatoms. The van der Waals surface area contributed by atoms with Crippen molar-refractivity contribution in [3.63, 3.8) is 0 Å². The van der Waals surface area contributed by atoms with Crippen molar-refractivity contribution in [2.24, 2.45) is 10.9 Å². The van der Waals surface area contributed by atoms with Gasteiger partial charge in [0.05, 0.1) is 6.42 Å². The molecule has 0 unspecified atom stereocenters. The number of nitrogens with zero attached hydrogens (tertiary/aromatic N) is 3. The number of aromatic nitrogens is 2. The topological polar surface area (TPSA) is 145 Å². The summed E-state index contributed by atoms with van der Waals surface area (Å²) in [5.74, 6) is -0.725. The number of hydrogen-bond donors (Lipinski definition) is 3. The Morgan fingerprint density at radius 1 is 1.03 bits per heavy atom. The maximum atomic E-state index is 11.9. The van der Waals surface area contributed by atoms with Gasteiger partial charge in [0.25, 0.3) is 5.91 Å². The summed E-state index contributed by atoms with van der Waals surface area (Å²) >= 11 is 0. The number of carbonyl (C=O) groups is 2. The first-order valence-electron chi connectivity index (χ1n) is 8.99. The van der Waals surface area contributed by atoms with Crippen LogP contribution in [0.2, 0.25) is 0 Å². The summed E-state index contributed by atoms with van der Waals surface area (Å²) in [5.41, 5.74) is 8.10. The Balaban J connectivity index is 1.42.